The molecule has 0 aromatic carbocycles. The van der Waals surface area contributed by atoms with Crippen molar-refractivity contribution in [2.75, 3.05) is 0 Å². The average Bonchev–Trinajstić information content (AvgIpc) is 2.02. The van der Waals surface area contributed by atoms with E-state index in [0.29, 0.717) is 12.3 Å². The normalized spacial score (nSPS) is 15.3. The van der Waals surface area contributed by atoms with Crippen LogP contribution in [0.3, 0.4) is 0 Å². The molecule has 0 bridgehead atoms. The van der Waals surface area contributed by atoms with Crippen molar-refractivity contribution in [1.29, 1.82) is 0 Å². The van der Waals surface area contributed by atoms with Gasteiger partial charge in [-0.15, -0.1) is 0 Å². The Kier molecular flexibility index (Phi) is 6.59. The molecule has 0 amide bonds. The summed E-state index contributed by atoms with van der Waals surface area (Å²) < 4.78 is 0. The Balaban J connectivity index is 3.36. The summed E-state index contributed by atoms with van der Waals surface area (Å²) in [5.41, 5.74) is 0. The summed E-state index contributed by atoms with van der Waals surface area (Å²) in [5.74, 6) is -0.243. The van der Waals surface area contributed by atoms with Crippen LogP contribution in [-0.2, 0) is 4.79 Å². The van der Waals surface area contributed by atoms with Crippen molar-refractivity contribution in [3.05, 3.63) is 0 Å². The van der Waals surface area contributed by atoms with Crippen molar-refractivity contribution >= 4 is 5.97 Å². The first kappa shape index (κ1) is 12.4. The molecule has 3 nitrogen and oxygen atoms in total. The second-order valence-electron chi connectivity index (χ2n) is 3.70. The number of hydrogen-bond donors (Lipinski definition) is 2. The minimum Gasteiger partial charge on any atom is -0.481 e. The fourth-order valence-corrected chi connectivity index (χ4v) is 1.21. The number of carbonyl (C=O) groups is 1. The summed E-state index contributed by atoms with van der Waals surface area (Å²) in [6.45, 7) is 4.31. The molecule has 0 radical (unpaired) electrons. The fourth-order valence-electron chi connectivity index (χ4n) is 1.21. The lowest BCUT2D eigenvalue weighted by Crippen LogP contribution is -2.12. The van der Waals surface area contributed by atoms with E-state index in [0.717, 1.165) is 19.3 Å². The number of carboxylic acids is 1. The predicted octanol–water partition coefficient (Wildman–Crippen LogP) is 2.04. The third-order valence-electron chi connectivity index (χ3n) is 2.34. The minimum absolute atomic E-state index is 0.124. The molecule has 13 heavy (non-hydrogen) atoms. The third kappa shape index (κ3) is 7.78. The number of hydrogen-bond acceptors (Lipinski definition) is 2. The lowest BCUT2D eigenvalue weighted by Gasteiger charge is -2.10. The quantitative estimate of drug-likeness (QED) is 0.642. The van der Waals surface area contributed by atoms with Crippen molar-refractivity contribution < 1.29 is 15.0 Å². The number of rotatable bonds is 7. The van der Waals surface area contributed by atoms with Gasteiger partial charge in [-0.2, -0.15) is 0 Å². The van der Waals surface area contributed by atoms with Gasteiger partial charge in [0.25, 0.3) is 0 Å². The van der Waals surface area contributed by atoms with Gasteiger partial charge >= 0.3 is 5.97 Å². The average molecular weight is 188 g/mol. The maximum Gasteiger partial charge on any atom is 0.305 e. The van der Waals surface area contributed by atoms with E-state index in [-0.39, 0.29) is 6.42 Å². The first-order valence-corrected chi connectivity index (χ1v) is 4.96. The summed E-state index contributed by atoms with van der Waals surface area (Å²) in [6.07, 6.45) is 2.96. The third-order valence-corrected chi connectivity index (χ3v) is 2.34. The fraction of sp³-hybridized carbons (Fsp3) is 0.900. The summed E-state index contributed by atoms with van der Waals surface area (Å²) >= 11 is 0. The second-order valence-corrected chi connectivity index (χ2v) is 3.70. The van der Waals surface area contributed by atoms with Crippen LogP contribution in [0.25, 0.3) is 0 Å². The molecule has 0 spiro atoms. The molecule has 2 atom stereocenters. The Hall–Kier alpha value is -0.570. The maximum absolute atomic E-state index is 10.2. The Morgan fingerprint density at radius 3 is 2.46 bits per heavy atom. The predicted molar refractivity (Wildman–Crippen MR) is 51.6 cm³/mol. The van der Waals surface area contributed by atoms with Crippen LogP contribution in [0.5, 0.6) is 0 Å². The van der Waals surface area contributed by atoms with E-state index in [1.165, 1.54) is 0 Å². The van der Waals surface area contributed by atoms with Crippen LogP contribution in [0.15, 0.2) is 0 Å². The summed E-state index contributed by atoms with van der Waals surface area (Å²) in [4.78, 5) is 10.2. The van der Waals surface area contributed by atoms with Crippen molar-refractivity contribution in [3.63, 3.8) is 0 Å². The summed E-state index contributed by atoms with van der Waals surface area (Å²) in [5, 5.41) is 17.6. The van der Waals surface area contributed by atoms with Crippen LogP contribution in [0.4, 0.5) is 0 Å². The molecule has 0 saturated carbocycles. The zero-order valence-corrected chi connectivity index (χ0v) is 8.49. The molecule has 1 unspecified atom stereocenters. The first-order chi connectivity index (χ1) is 6.06. The highest BCUT2D eigenvalue weighted by molar-refractivity contribution is 5.67. The zero-order valence-electron chi connectivity index (χ0n) is 8.49. The SMILES string of the molecule is CCC(C)CCC[C@@H](O)CC(=O)O. The van der Waals surface area contributed by atoms with E-state index in [4.69, 9.17) is 5.11 Å². The molecule has 0 fully saturated rings. The highest BCUT2D eigenvalue weighted by atomic mass is 16.4. The van der Waals surface area contributed by atoms with Crippen molar-refractivity contribution in [3.8, 4) is 0 Å². The second kappa shape index (κ2) is 6.89. The van der Waals surface area contributed by atoms with E-state index in [1.807, 2.05) is 0 Å². The molecule has 3 heteroatoms. The van der Waals surface area contributed by atoms with Gasteiger partial charge in [-0.25, -0.2) is 0 Å². The van der Waals surface area contributed by atoms with Crippen LogP contribution < -0.4 is 0 Å². The van der Waals surface area contributed by atoms with Crippen molar-refractivity contribution in [2.24, 2.45) is 5.92 Å². The zero-order chi connectivity index (χ0) is 10.3. The molecule has 0 heterocycles. The van der Waals surface area contributed by atoms with Gasteiger partial charge < -0.3 is 10.2 Å². The van der Waals surface area contributed by atoms with Gasteiger partial charge in [-0.05, 0) is 12.3 Å². The summed E-state index contributed by atoms with van der Waals surface area (Å²) in [6, 6.07) is 0. The van der Waals surface area contributed by atoms with Crippen molar-refractivity contribution in [2.45, 2.75) is 52.1 Å². The van der Waals surface area contributed by atoms with Gasteiger partial charge in [0.1, 0.15) is 0 Å². The molecule has 0 rings (SSSR count). The van der Waals surface area contributed by atoms with Gasteiger partial charge in [-0.1, -0.05) is 33.1 Å². The van der Waals surface area contributed by atoms with Crippen molar-refractivity contribution in [1.82, 2.24) is 0 Å². The van der Waals surface area contributed by atoms with E-state index in [9.17, 15) is 9.90 Å². The Bertz CT molecular complexity index is 145. The number of aliphatic hydroxyl groups is 1. The molecular weight excluding hydrogens is 168 g/mol. The maximum atomic E-state index is 10.2. The highest BCUT2D eigenvalue weighted by Crippen LogP contribution is 2.13. The topological polar surface area (TPSA) is 57.5 Å². The van der Waals surface area contributed by atoms with E-state index in [2.05, 4.69) is 13.8 Å². The van der Waals surface area contributed by atoms with E-state index in [1.54, 1.807) is 0 Å². The standard InChI is InChI=1S/C10H20O3/c1-3-8(2)5-4-6-9(11)7-10(12)13/h8-9,11H,3-7H2,1-2H3,(H,12,13)/t8?,9-/m1/s1. The Labute approximate surface area is 79.8 Å². The number of aliphatic carboxylic acids is 1. The lowest BCUT2D eigenvalue weighted by molar-refractivity contribution is -0.139. The molecule has 0 saturated heterocycles. The van der Waals surface area contributed by atoms with Gasteiger partial charge in [0.05, 0.1) is 12.5 Å². The molecular formula is C10H20O3. The van der Waals surface area contributed by atoms with Crippen LogP contribution in [0.2, 0.25) is 0 Å². The van der Waals surface area contributed by atoms with Gasteiger partial charge in [0, 0.05) is 0 Å². The minimum atomic E-state index is -0.920. The Morgan fingerprint density at radius 1 is 1.38 bits per heavy atom. The van der Waals surface area contributed by atoms with Gasteiger partial charge in [0.2, 0.25) is 0 Å². The molecule has 0 aromatic rings. The number of carboxylic acid groups (broad SMARTS) is 1. The smallest absolute Gasteiger partial charge is 0.305 e. The molecule has 0 aliphatic heterocycles. The van der Waals surface area contributed by atoms with Crippen LogP contribution >= 0.6 is 0 Å². The molecule has 0 aromatic heterocycles. The number of aliphatic hydroxyl groups excluding tert-OH is 1. The van der Waals surface area contributed by atoms with Crippen LogP contribution in [0.1, 0.15) is 46.0 Å². The van der Waals surface area contributed by atoms with Gasteiger partial charge in [-0.3, -0.25) is 4.79 Å². The molecule has 78 valence electrons. The first-order valence-electron chi connectivity index (χ1n) is 4.96. The van der Waals surface area contributed by atoms with Crippen LogP contribution in [-0.4, -0.2) is 22.3 Å². The molecule has 0 aliphatic carbocycles. The lowest BCUT2D eigenvalue weighted by atomic mass is 9.99. The summed E-state index contributed by atoms with van der Waals surface area (Å²) in [7, 11) is 0. The van der Waals surface area contributed by atoms with Gasteiger partial charge in [0.15, 0.2) is 0 Å². The van der Waals surface area contributed by atoms with Crippen LogP contribution in [0, 0.1) is 5.92 Å². The molecule has 2 N–H and O–H groups in total. The monoisotopic (exact) mass is 188 g/mol. The molecule has 0 aliphatic rings. The van der Waals surface area contributed by atoms with E-state index < -0.39 is 12.1 Å². The Morgan fingerprint density at radius 2 is 2.00 bits per heavy atom. The largest absolute Gasteiger partial charge is 0.481 e. The van der Waals surface area contributed by atoms with E-state index >= 15 is 0 Å². The highest BCUT2D eigenvalue weighted by Gasteiger charge is 2.09.